The van der Waals surface area contributed by atoms with Gasteiger partial charge in [-0.2, -0.15) is 0 Å². The second-order valence-electron chi connectivity index (χ2n) is 6.34. The fraction of sp³-hybridized carbons (Fsp3) is 0.200. The molecule has 0 unspecified atom stereocenters. The smallest absolute Gasteiger partial charge is 0.255 e. The van der Waals surface area contributed by atoms with Gasteiger partial charge in [0.05, 0.1) is 24.8 Å². The molecule has 2 aromatic carbocycles. The summed E-state index contributed by atoms with van der Waals surface area (Å²) in [5.41, 5.74) is 3.00. The summed E-state index contributed by atoms with van der Waals surface area (Å²) < 4.78 is 18.9. The van der Waals surface area contributed by atoms with E-state index in [0.717, 1.165) is 23.6 Å². The van der Waals surface area contributed by atoms with Gasteiger partial charge in [-0.1, -0.05) is 0 Å². The van der Waals surface area contributed by atoms with Gasteiger partial charge in [0.1, 0.15) is 25.6 Å². The minimum atomic E-state index is -0.204. The second kappa shape index (κ2) is 6.35. The average molecular weight is 363 g/mol. The van der Waals surface area contributed by atoms with Crippen LogP contribution in [0.5, 0.6) is 17.2 Å². The lowest BCUT2D eigenvalue weighted by Crippen LogP contribution is -2.16. The van der Waals surface area contributed by atoms with Gasteiger partial charge in [-0.25, -0.2) is 4.98 Å². The van der Waals surface area contributed by atoms with Gasteiger partial charge in [-0.05, 0) is 30.3 Å². The molecule has 7 nitrogen and oxygen atoms in total. The first-order chi connectivity index (χ1) is 13.3. The Morgan fingerprint density at radius 3 is 2.70 bits per heavy atom. The number of carbonyl (C=O) groups excluding carboxylic acids is 1. The van der Waals surface area contributed by atoms with Crippen molar-refractivity contribution < 1.29 is 19.0 Å². The molecule has 0 fully saturated rings. The predicted molar refractivity (Wildman–Crippen MR) is 98.5 cm³/mol. The first-order valence-electron chi connectivity index (χ1n) is 8.76. The van der Waals surface area contributed by atoms with Gasteiger partial charge < -0.3 is 24.1 Å². The van der Waals surface area contributed by atoms with Crippen molar-refractivity contribution in [2.75, 3.05) is 25.1 Å². The van der Waals surface area contributed by atoms with Gasteiger partial charge in [-0.3, -0.25) is 4.79 Å². The van der Waals surface area contributed by atoms with Crippen molar-refractivity contribution in [3.05, 3.63) is 54.5 Å². The lowest BCUT2D eigenvalue weighted by Gasteiger charge is -2.19. The molecule has 0 radical (unpaired) electrons. The third-order valence-electron chi connectivity index (χ3n) is 4.62. The monoisotopic (exact) mass is 363 g/mol. The SMILES string of the molecule is O=C(Nc1ccc2c(c1)OCCO2)c1ccc2c(c1)-c1cncn1CCO2. The number of carbonyl (C=O) groups is 1. The summed E-state index contributed by atoms with van der Waals surface area (Å²) >= 11 is 0. The van der Waals surface area contributed by atoms with Crippen molar-refractivity contribution in [2.24, 2.45) is 0 Å². The van der Waals surface area contributed by atoms with Gasteiger partial charge in [0.2, 0.25) is 0 Å². The van der Waals surface area contributed by atoms with Crippen molar-refractivity contribution >= 4 is 11.6 Å². The molecule has 1 aromatic heterocycles. The van der Waals surface area contributed by atoms with Crippen LogP contribution in [0.15, 0.2) is 48.9 Å². The molecule has 0 bridgehead atoms. The maximum absolute atomic E-state index is 12.8. The average Bonchev–Trinajstić information content (AvgIpc) is 3.09. The highest BCUT2D eigenvalue weighted by Crippen LogP contribution is 2.34. The molecule has 0 saturated heterocycles. The van der Waals surface area contributed by atoms with Crippen molar-refractivity contribution in [3.8, 4) is 28.5 Å². The molecule has 3 heterocycles. The summed E-state index contributed by atoms with van der Waals surface area (Å²) in [5.74, 6) is 1.88. The molecular weight excluding hydrogens is 346 g/mol. The van der Waals surface area contributed by atoms with Crippen molar-refractivity contribution in [1.82, 2.24) is 9.55 Å². The van der Waals surface area contributed by atoms with Crippen molar-refractivity contribution in [2.45, 2.75) is 6.54 Å². The third kappa shape index (κ3) is 2.87. The van der Waals surface area contributed by atoms with E-state index in [4.69, 9.17) is 14.2 Å². The molecule has 5 rings (SSSR count). The van der Waals surface area contributed by atoms with E-state index in [2.05, 4.69) is 10.3 Å². The largest absolute Gasteiger partial charge is 0.491 e. The minimum absolute atomic E-state index is 0.204. The van der Waals surface area contributed by atoms with Gasteiger partial charge in [0.15, 0.2) is 11.5 Å². The van der Waals surface area contributed by atoms with Crippen LogP contribution in [0.4, 0.5) is 5.69 Å². The van der Waals surface area contributed by atoms with Crippen LogP contribution >= 0.6 is 0 Å². The maximum Gasteiger partial charge on any atom is 0.255 e. The van der Waals surface area contributed by atoms with Crippen molar-refractivity contribution in [1.29, 1.82) is 0 Å². The highest BCUT2D eigenvalue weighted by atomic mass is 16.6. The summed E-state index contributed by atoms with van der Waals surface area (Å²) in [6, 6.07) is 10.8. The normalized spacial score (nSPS) is 14.4. The Bertz CT molecular complexity index is 1030. The number of rotatable bonds is 2. The predicted octanol–water partition coefficient (Wildman–Crippen LogP) is 2.97. The van der Waals surface area contributed by atoms with Crippen LogP contribution in [0.3, 0.4) is 0 Å². The van der Waals surface area contributed by atoms with E-state index >= 15 is 0 Å². The topological polar surface area (TPSA) is 74.6 Å². The Hall–Kier alpha value is -3.48. The summed E-state index contributed by atoms with van der Waals surface area (Å²) in [7, 11) is 0. The van der Waals surface area contributed by atoms with Gasteiger partial charge in [0, 0.05) is 22.9 Å². The summed E-state index contributed by atoms with van der Waals surface area (Å²) in [6.45, 7) is 2.33. The molecule has 27 heavy (non-hydrogen) atoms. The van der Waals surface area contributed by atoms with E-state index in [1.807, 2.05) is 16.7 Å². The molecule has 7 heteroatoms. The number of hydrogen-bond acceptors (Lipinski definition) is 5. The summed E-state index contributed by atoms with van der Waals surface area (Å²) in [6.07, 6.45) is 3.56. The molecule has 2 aliphatic rings. The number of fused-ring (bicyclic) bond motifs is 4. The van der Waals surface area contributed by atoms with Crippen LogP contribution in [-0.4, -0.2) is 35.3 Å². The number of anilines is 1. The molecular formula is C20H17N3O4. The standard InChI is InChI=1S/C20H17N3O4/c24-20(22-14-2-4-18-19(10-14)27-8-7-26-18)13-1-3-17-15(9-13)16-11-21-12-23(16)5-6-25-17/h1-4,9-12H,5-8H2,(H,22,24). The van der Waals surface area contributed by atoms with E-state index < -0.39 is 0 Å². The number of aromatic nitrogens is 2. The van der Waals surface area contributed by atoms with E-state index in [0.29, 0.717) is 42.6 Å². The molecule has 3 aromatic rings. The van der Waals surface area contributed by atoms with E-state index in [1.165, 1.54) is 0 Å². The van der Waals surface area contributed by atoms with Crippen LogP contribution in [0, 0.1) is 0 Å². The second-order valence-corrected chi connectivity index (χ2v) is 6.34. The number of ether oxygens (including phenoxy) is 3. The number of hydrogen-bond donors (Lipinski definition) is 1. The summed E-state index contributed by atoms with van der Waals surface area (Å²) in [5, 5.41) is 2.91. The fourth-order valence-corrected chi connectivity index (χ4v) is 3.30. The minimum Gasteiger partial charge on any atom is -0.491 e. The number of amides is 1. The number of nitrogens with one attached hydrogen (secondary N) is 1. The Balaban J connectivity index is 1.44. The zero-order chi connectivity index (χ0) is 18.2. The van der Waals surface area contributed by atoms with Crippen LogP contribution in [0.2, 0.25) is 0 Å². The molecule has 1 N–H and O–H groups in total. The van der Waals surface area contributed by atoms with Crippen LogP contribution < -0.4 is 19.5 Å². The third-order valence-corrected chi connectivity index (χ3v) is 4.62. The first-order valence-corrected chi connectivity index (χ1v) is 8.76. The number of nitrogens with zero attached hydrogens (tertiary/aromatic N) is 2. The Kier molecular flexibility index (Phi) is 3.71. The Morgan fingerprint density at radius 1 is 0.963 bits per heavy atom. The van der Waals surface area contributed by atoms with Crippen LogP contribution in [0.1, 0.15) is 10.4 Å². The lowest BCUT2D eigenvalue weighted by atomic mass is 10.1. The highest BCUT2D eigenvalue weighted by Gasteiger charge is 2.19. The van der Waals surface area contributed by atoms with Gasteiger partial charge in [0.25, 0.3) is 5.91 Å². The molecule has 0 aliphatic carbocycles. The summed E-state index contributed by atoms with van der Waals surface area (Å²) in [4.78, 5) is 17.0. The van der Waals surface area contributed by atoms with Crippen LogP contribution in [0.25, 0.3) is 11.3 Å². The van der Waals surface area contributed by atoms with E-state index in [-0.39, 0.29) is 5.91 Å². The maximum atomic E-state index is 12.8. The Morgan fingerprint density at radius 2 is 1.78 bits per heavy atom. The molecule has 0 spiro atoms. The molecule has 1 amide bonds. The zero-order valence-corrected chi connectivity index (χ0v) is 14.5. The fourth-order valence-electron chi connectivity index (χ4n) is 3.30. The number of benzene rings is 2. The Labute approximate surface area is 155 Å². The quantitative estimate of drug-likeness (QED) is 0.758. The zero-order valence-electron chi connectivity index (χ0n) is 14.5. The molecule has 136 valence electrons. The van der Waals surface area contributed by atoms with E-state index in [9.17, 15) is 4.79 Å². The highest BCUT2D eigenvalue weighted by molar-refractivity contribution is 6.05. The first kappa shape index (κ1) is 15.7. The van der Waals surface area contributed by atoms with Gasteiger partial charge in [-0.15, -0.1) is 0 Å². The van der Waals surface area contributed by atoms with Crippen molar-refractivity contribution in [3.63, 3.8) is 0 Å². The number of imidazole rings is 1. The lowest BCUT2D eigenvalue weighted by molar-refractivity contribution is 0.102. The molecule has 2 aliphatic heterocycles. The molecule has 0 saturated carbocycles. The van der Waals surface area contributed by atoms with E-state index in [1.54, 1.807) is 36.8 Å². The van der Waals surface area contributed by atoms with Crippen LogP contribution in [-0.2, 0) is 6.54 Å². The van der Waals surface area contributed by atoms with Gasteiger partial charge >= 0.3 is 0 Å². The molecule has 0 atom stereocenters.